The summed E-state index contributed by atoms with van der Waals surface area (Å²) in [5, 5.41) is 42.2. The lowest BCUT2D eigenvalue weighted by atomic mass is 9.43. The molecule has 0 heterocycles. The minimum Gasteiger partial charge on any atom is -0.396 e. The third-order valence-electron chi connectivity index (χ3n) is 10.3. The fraction of sp³-hybridized carbons (Fsp3) is 1.00. The summed E-state index contributed by atoms with van der Waals surface area (Å²) < 4.78 is 0. The molecule has 11 atom stereocenters. The van der Waals surface area contributed by atoms with E-state index in [0.717, 1.165) is 57.8 Å². The van der Waals surface area contributed by atoms with Crippen molar-refractivity contribution in [3.63, 3.8) is 0 Å². The lowest BCUT2D eigenvalue weighted by molar-refractivity contribution is -0.207. The Morgan fingerprint density at radius 2 is 1.71 bits per heavy atom. The average molecular weight is 395 g/mol. The highest BCUT2D eigenvalue weighted by Gasteiger charge is 2.65. The van der Waals surface area contributed by atoms with Crippen LogP contribution in [-0.4, -0.2) is 45.3 Å². The highest BCUT2D eigenvalue weighted by Crippen LogP contribution is 2.68. The Bertz CT molecular complexity index is 567. The highest BCUT2D eigenvalue weighted by molar-refractivity contribution is 5.14. The molecule has 0 aromatic heterocycles. The maximum Gasteiger partial charge on any atom is 0.0602 e. The van der Waals surface area contributed by atoms with Gasteiger partial charge in [0, 0.05) is 6.61 Å². The molecule has 4 aliphatic rings. The number of aliphatic hydroxyl groups is 4. The first-order valence-electron chi connectivity index (χ1n) is 11.9. The number of fused-ring (bicyclic) bond motifs is 5. The molecule has 0 saturated heterocycles. The van der Waals surface area contributed by atoms with Gasteiger partial charge in [-0.15, -0.1) is 0 Å². The van der Waals surface area contributed by atoms with Crippen LogP contribution >= 0.6 is 0 Å². The summed E-state index contributed by atoms with van der Waals surface area (Å²) in [6, 6.07) is 0. The predicted molar refractivity (Wildman–Crippen MR) is 109 cm³/mol. The molecule has 4 aliphatic carbocycles. The molecule has 0 amide bonds. The summed E-state index contributed by atoms with van der Waals surface area (Å²) in [5.41, 5.74) is 0.0282. The summed E-state index contributed by atoms with van der Waals surface area (Å²) in [6.07, 6.45) is 7.62. The normalized spacial score (nSPS) is 54.5. The van der Waals surface area contributed by atoms with E-state index in [-0.39, 0.29) is 35.7 Å². The van der Waals surface area contributed by atoms with Crippen molar-refractivity contribution in [3.8, 4) is 0 Å². The van der Waals surface area contributed by atoms with Crippen LogP contribution in [0.3, 0.4) is 0 Å². The van der Waals surface area contributed by atoms with E-state index < -0.39 is 0 Å². The first-order chi connectivity index (χ1) is 13.2. The van der Waals surface area contributed by atoms with E-state index in [0.29, 0.717) is 35.5 Å². The number of rotatable bonds is 4. The fourth-order valence-corrected chi connectivity index (χ4v) is 8.75. The van der Waals surface area contributed by atoms with E-state index in [1.54, 1.807) is 0 Å². The number of aliphatic hydroxyl groups excluding tert-OH is 4. The maximum absolute atomic E-state index is 11.5. The second kappa shape index (κ2) is 7.51. The third-order valence-corrected chi connectivity index (χ3v) is 10.3. The minimum absolute atomic E-state index is 0.117. The van der Waals surface area contributed by atoms with E-state index >= 15 is 0 Å². The van der Waals surface area contributed by atoms with Crippen LogP contribution in [0.15, 0.2) is 0 Å². The molecule has 0 unspecified atom stereocenters. The SMILES string of the molecule is C[C@H](CCCO)[C@@H]1CC[C@H]2[C@@H]3[C@H](O)C[C@@H]4C[C@H](O)CC[C@]4(C)[C@H]3C[C@H](O)[C@]21C. The van der Waals surface area contributed by atoms with Gasteiger partial charge in [0.1, 0.15) is 0 Å². The van der Waals surface area contributed by atoms with Gasteiger partial charge in [0.15, 0.2) is 0 Å². The second-order valence-corrected chi connectivity index (χ2v) is 11.4. The first-order valence-corrected chi connectivity index (χ1v) is 11.9. The molecule has 162 valence electrons. The summed E-state index contributed by atoms with van der Waals surface area (Å²) >= 11 is 0. The van der Waals surface area contributed by atoms with E-state index in [4.69, 9.17) is 0 Å². The van der Waals surface area contributed by atoms with Gasteiger partial charge in [0.25, 0.3) is 0 Å². The van der Waals surface area contributed by atoms with Gasteiger partial charge >= 0.3 is 0 Å². The van der Waals surface area contributed by atoms with Crippen LogP contribution in [-0.2, 0) is 0 Å². The van der Waals surface area contributed by atoms with Crippen LogP contribution in [0, 0.1) is 46.3 Å². The Morgan fingerprint density at radius 1 is 0.964 bits per heavy atom. The second-order valence-electron chi connectivity index (χ2n) is 11.4. The molecular formula is C24H42O4. The Labute approximate surface area is 170 Å². The molecule has 4 N–H and O–H groups in total. The van der Waals surface area contributed by atoms with Gasteiger partial charge < -0.3 is 20.4 Å². The molecule has 28 heavy (non-hydrogen) atoms. The van der Waals surface area contributed by atoms with E-state index in [1.807, 2.05) is 0 Å². The summed E-state index contributed by atoms with van der Waals surface area (Å²) in [4.78, 5) is 0. The number of hydrogen-bond acceptors (Lipinski definition) is 4. The monoisotopic (exact) mass is 394 g/mol. The van der Waals surface area contributed by atoms with Crippen molar-refractivity contribution >= 4 is 0 Å². The van der Waals surface area contributed by atoms with Crippen LogP contribution in [0.1, 0.15) is 78.6 Å². The van der Waals surface area contributed by atoms with Gasteiger partial charge in [-0.3, -0.25) is 0 Å². The van der Waals surface area contributed by atoms with E-state index in [9.17, 15) is 20.4 Å². The molecule has 4 rings (SSSR count). The zero-order valence-corrected chi connectivity index (χ0v) is 18.1. The fourth-order valence-electron chi connectivity index (χ4n) is 8.75. The lowest BCUT2D eigenvalue weighted by Gasteiger charge is -2.63. The van der Waals surface area contributed by atoms with Crippen molar-refractivity contribution in [2.45, 2.75) is 96.9 Å². The van der Waals surface area contributed by atoms with Crippen molar-refractivity contribution in [2.75, 3.05) is 6.61 Å². The zero-order chi connectivity index (χ0) is 20.3. The Morgan fingerprint density at radius 3 is 2.43 bits per heavy atom. The molecule has 4 heteroatoms. The Hall–Kier alpha value is -0.160. The van der Waals surface area contributed by atoms with Crippen LogP contribution in [0.4, 0.5) is 0 Å². The van der Waals surface area contributed by atoms with Gasteiger partial charge in [-0.1, -0.05) is 20.8 Å². The van der Waals surface area contributed by atoms with Crippen LogP contribution in [0.2, 0.25) is 0 Å². The van der Waals surface area contributed by atoms with Gasteiger partial charge in [0.05, 0.1) is 18.3 Å². The van der Waals surface area contributed by atoms with Gasteiger partial charge in [-0.2, -0.15) is 0 Å². The number of hydrogen-bond donors (Lipinski definition) is 4. The van der Waals surface area contributed by atoms with Crippen molar-refractivity contribution < 1.29 is 20.4 Å². The molecule has 0 aliphatic heterocycles. The molecule has 4 nitrogen and oxygen atoms in total. The van der Waals surface area contributed by atoms with E-state index in [1.165, 1.54) is 0 Å². The average Bonchev–Trinajstić information content (AvgIpc) is 3.01. The first kappa shape index (κ1) is 21.1. The topological polar surface area (TPSA) is 80.9 Å². The molecular weight excluding hydrogens is 352 g/mol. The zero-order valence-electron chi connectivity index (χ0n) is 18.1. The summed E-state index contributed by atoms with van der Waals surface area (Å²) in [5.74, 6) is 2.41. The van der Waals surface area contributed by atoms with Crippen molar-refractivity contribution in [3.05, 3.63) is 0 Å². The molecule has 0 radical (unpaired) electrons. The Kier molecular flexibility index (Phi) is 5.66. The van der Waals surface area contributed by atoms with Gasteiger partial charge in [-0.25, -0.2) is 0 Å². The maximum atomic E-state index is 11.5. The van der Waals surface area contributed by atoms with Crippen molar-refractivity contribution in [1.82, 2.24) is 0 Å². The Balaban J connectivity index is 1.62. The van der Waals surface area contributed by atoms with Crippen LogP contribution in [0.25, 0.3) is 0 Å². The standard InChI is InChI=1S/C24H42O4/c1-14(5-4-10-25)17-6-7-18-22-19(13-21(28)24(17,18)3)23(2)9-8-16(26)11-15(23)12-20(22)27/h14-22,25-28H,4-13H2,1-3H3/t14-,15+,16-,17+,18+,19+,20-,21+,22+,23+,24+/m1/s1. The van der Waals surface area contributed by atoms with Gasteiger partial charge in [-0.05, 0) is 104 Å². The van der Waals surface area contributed by atoms with Gasteiger partial charge in [0.2, 0.25) is 0 Å². The molecule has 0 bridgehead atoms. The van der Waals surface area contributed by atoms with E-state index in [2.05, 4.69) is 20.8 Å². The molecule has 0 aromatic carbocycles. The van der Waals surface area contributed by atoms with Crippen LogP contribution < -0.4 is 0 Å². The van der Waals surface area contributed by atoms with Crippen molar-refractivity contribution in [2.24, 2.45) is 46.3 Å². The minimum atomic E-state index is -0.308. The quantitative estimate of drug-likeness (QED) is 0.589. The summed E-state index contributed by atoms with van der Waals surface area (Å²) in [7, 11) is 0. The van der Waals surface area contributed by atoms with Crippen LogP contribution in [0.5, 0.6) is 0 Å². The molecule has 4 saturated carbocycles. The predicted octanol–water partition coefficient (Wildman–Crippen LogP) is 3.36. The highest BCUT2D eigenvalue weighted by atomic mass is 16.3. The third kappa shape index (κ3) is 3.01. The molecule has 0 aromatic rings. The largest absolute Gasteiger partial charge is 0.396 e. The molecule has 0 spiro atoms. The smallest absolute Gasteiger partial charge is 0.0602 e. The lowest BCUT2D eigenvalue weighted by Crippen LogP contribution is -2.62. The summed E-state index contributed by atoms with van der Waals surface area (Å²) in [6.45, 7) is 7.23. The molecule has 4 fully saturated rings. The van der Waals surface area contributed by atoms with Crippen molar-refractivity contribution in [1.29, 1.82) is 0 Å².